The van der Waals surface area contributed by atoms with Gasteiger partial charge in [-0.05, 0) is 25.8 Å². The molecule has 3 heteroatoms. The lowest BCUT2D eigenvalue weighted by molar-refractivity contribution is -0.132. The van der Waals surface area contributed by atoms with E-state index in [1.165, 1.54) is 0 Å². The summed E-state index contributed by atoms with van der Waals surface area (Å²) in [5, 5.41) is 9.69. The highest BCUT2D eigenvalue weighted by molar-refractivity contribution is 5.79. The number of nitrogens with zero attached hydrogens (tertiary/aromatic N) is 1. The zero-order valence-corrected chi connectivity index (χ0v) is 11.7. The van der Waals surface area contributed by atoms with Gasteiger partial charge in [0.25, 0.3) is 0 Å². The minimum absolute atomic E-state index is 0.0696. The molecule has 0 radical (unpaired) electrons. The lowest BCUT2D eigenvalue weighted by atomic mass is 10.1. The maximum absolute atomic E-state index is 12.3. The molecule has 18 heavy (non-hydrogen) atoms. The Hall–Kier alpha value is -1.51. The molecule has 0 aliphatic rings. The van der Waals surface area contributed by atoms with Gasteiger partial charge in [-0.15, -0.1) is 0 Å². The highest BCUT2D eigenvalue weighted by Crippen LogP contribution is 2.18. The average molecular weight is 249 g/mol. The van der Waals surface area contributed by atoms with Crippen LogP contribution in [-0.2, 0) is 11.2 Å². The maximum Gasteiger partial charge on any atom is 0.227 e. The molecular weight excluding hydrogens is 226 g/mol. The number of carbonyl (C=O) groups excluding carboxylic acids is 1. The van der Waals surface area contributed by atoms with Crippen LogP contribution in [0.3, 0.4) is 0 Å². The highest BCUT2D eigenvalue weighted by Gasteiger charge is 2.19. The summed E-state index contributed by atoms with van der Waals surface area (Å²) in [6.45, 7) is 8.99. The van der Waals surface area contributed by atoms with Gasteiger partial charge in [-0.25, -0.2) is 0 Å². The van der Waals surface area contributed by atoms with E-state index in [1.807, 2.05) is 24.8 Å². The first-order chi connectivity index (χ1) is 8.41. The molecule has 0 heterocycles. The van der Waals surface area contributed by atoms with Gasteiger partial charge in [0.1, 0.15) is 5.75 Å². The first-order valence-electron chi connectivity index (χ1n) is 6.48. The third kappa shape index (κ3) is 4.06. The number of aromatic hydroxyl groups is 1. The molecule has 0 saturated heterocycles. The zero-order valence-electron chi connectivity index (χ0n) is 11.7. The monoisotopic (exact) mass is 249 g/mol. The van der Waals surface area contributed by atoms with E-state index in [1.54, 1.807) is 18.2 Å². The largest absolute Gasteiger partial charge is 0.508 e. The fraction of sp³-hybridized carbons (Fsp3) is 0.533. The highest BCUT2D eigenvalue weighted by atomic mass is 16.3. The van der Waals surface area contributed by atoms with Gasteiger partial charge in [-0.3, -0.25) is 4.79 Å². The lowest BCUT2D eigenvalue weighted by Gasteiger charge is -2.28. The van der Waals surface area contributed by atoms with Gasteiger partial charge in [0.15, 0.2) is 0 Å². The van der Waals surface area contributed by atoms with Crippen molar-refractivity contribution in [1.29, 1.82) is 0 Å². The van der Waals surface area contributed by atoms with Gasteiger partial charge in [0.2, 0.25) is 5.91 Å². The Morgan fingerprint density at radius 3 is 2.33 bits per heavy atom. The van der Waals surface area contributed by atoms with Crippen LogP contribution in [0.4, 0.5) is 0 Å². The van der Waals surface area contributed by atoms with E-state index in [0.717, 1.165) is 6.54 Å². The number of amides is 1. The van der Waals surface area contributed by atoms with Crippen LogP contribution in [0.15, 0.2) is 24.3 Å². The molecule has 0 saturated carbocycles. The molecule has 1 amide bonds. The first-order valence-corrected chi connectivity index (χ1v) is 6.48. The SMILES string of the molecule is CC(C)CN(C(=O)Cc1ccccc1O)C(C)C. The number of phenolic OH excluding ortho intramolecular Hbond substituents is 1. The smallest absolute Gasteiger partial charge is 0.227 e. The normalized spacial score (nSPS) is 11.0. The Balaban J connectivity index is 2.76. The molecule has 100 valence electrons. The molecule has 1 rings (SSSR count). The second kappa shape index (κ2) is 6.43. The third-order valence-corrected chi connectivity index (χ3v) is 2.84. The van der Waals surface area contributed by atoms with Gasteiger partial charge >= 0.3 is 0 Å². The van der Waals surface area contributed by atoms with Crippen molar-refractivity contribution < 1.29 is 9.90 Å². The quantitative estimate of drug-likeness (QED) is 0.871. The Morgan fingerprint density at radius 2 is 1.83 bits per heavy atom. The maximum atomic E-state index is 12.3. The molecule has 0 spiro atoms. The van der Waals surface area contributed by atoms with E-state index in [4.69, 9.17) is 0 Å². The van der Waals surface area contributed by atoms with E-state index >= 15 is 0 Å². The standard InChI is InChI=1S/C15H23NO2/c1-11(2)10-16(12(3)4)15(18)9-13-7-5-6-8-14(13)17/h5-8,11-12,17H,9-10H2,1-4H3. The van der Waals surface area contributed by atoms with Crippen LogP contribution < -0.4 is 0 Å². The summed E-state index contributed by atoms with van der Waals surface area (Å²) in [6, 6.07) is 7.19. The van der Waals surface area contributed by atoms with E-state index in [-0.39, 0.29) is 24.1 Å². The van der Waals surface area contributed by atoms with E-state index < -0.39 is 0 Å². The topological polar surface area (TPSA) is 40.5 Å². The van der Waals surface area contributed by atoms with Crippen molar-refractivity contribution in [2.45, 2.75) is 40.2 Å². The molecule has 0 aliphatic carbocycles. The number of rotatable bonds is 5. The van der Waals surface area contributed by atoms with Gasteiger partial charge in [-0.2, -0.15) is 0 Å². The Kier molecular flexibility index (Phi) is 5.20. The molecule has 0 unspecified atom stereocenters. The molecule has 0 atom stereocenters. The Labute approximate surface area is 109 Å². The van der Waals surface area contributed by atoms with Gasteiger partial charge < -0.3 is 10.0 Å². The molecule has 1 aromatic rings. The number of carbonyl (C=O) groups is 1. The second-order valence-electron chi connectivity index (χ2n) is 5.34. The van der Waals surface area contributed by atoms with Crippen molar-refractivity contribution in [2.24, 2.45) is 5.92 Å². The average Bonchev–Trinajstić information content (AvgIpc) is 2.28. The van der Waals surface area contributed by atoms with Crippen molar-refractivity contribution in [3.63, 3.8) is 0 Å². The van der Waals surface area contributed by atoms with Crippen LogP contribution >= 0.6 is 0 Å². The van der Waals surface area contributed by atoms with Crippen LogP contribution in [-0.4, -0.2) is 28.5 Å². The van der Waals surface area contributed by atoms with E-state index in [9.17, 15) is 9.90 Å². The van der Waals surface area contributed by atoms with Crippen molar-refractivity contribution in [1.82, 2.24) is 4.90 Å². The number of hydrogen-bond donors (Lipinski definition) is 1. The molecule has 1 aromatic carbocycles. The Bertz CT molecular complexity index is 399. The fourth-order valence-electron chi connectivity index (χ4n) is 1.92. The summed E-state index contributed by atoms with van der Waals surface area (Å²) in [5.74, 6) is 0.708. The van der Waals surface area contributed by atoms with Crippen LogP contribution in [0.5, 0.6) is 5.75 Å². The summed E-state index contributed by atoms with van der Waals surface area (Å²) in [6.07, 6.45) is 0.261. The summed E-state index contributed by atoms with van der Waals surface area (Å²) in [7, 11) is 0. The minimum Gasteiger partial charge on any atom is -0.508 e. The van der Waals surface area contributed by atoms with E-state index in [2.05, 4.69) is 13.8 Å². The van der Waals surface area contributed by atoms with Crippen LogP contribution in [0.1, 0.15) is 33.3 Å². The summed E-state index contributed by atoms with van der Waals surface area (Å²) in [4.78, 5) is 14.1. The first kappa shape index (κ1) is 14.6. The molecule has 1 N–H and O–H groups in total. The summed E-state index contributed by atoms with van der Waals surface area (Å²) < 4.78 is 0. The molecule has 0 fully saturated rings. The molecule has 0 aromatic heterocycles. The predicted octanol–water partition coefficient (Wildman–Crippen LogP) is 2.83. The zero-order chi connectivity index (χ0) is 13.7. The molecule has 3 nitrogen and oxygen atoms in total. The Morgan fingerprint density at radius 1 is 1.22 bits per heavy atom. The number of phenols is 1. The lowest BCUT2D eigenvalue weighted by Crippen LogP contribution is -2.40. The van der Waals surface area contributed by atoms with Crippen LogP contribution in [0.2, 0.25) is 0 Å². The van der Waals surface area contributed by atoms with Crippen molar-refractivity contribution in [3.05, 3.63) is 29.8 Å². The predicted molar refractivity (Wildman–Crippen MR) is 73.5 cm³/mol. The van der Waals surface area contributed by atoms with Crippen molar-refractivity contribution in [3.8, 4) is 5.75 Å². The van der Waals surface area contributed by atoms with Gasteiger partial charge in [0.05, 0.1) is 6.42 Å². The third-order valence-electron chi connectivity index (χ3n) is 2.84. The second-order valence-corrected chi connectivity index (χ2v) is 5.34. The van der Waals surface area contributed by atoms with Gasteiger partial charge in [-0.1, -0.05) is 32.0 Å². The molecule has 0 aliphatic heterocycles. The van der Waals surface area contributed by atoms with Crippen molar-refractivity contribution >= 4 is 5.91 Å². The number of para-hydroxylation sites is 1. The van der Waals surface area contributed by atoms with Crippen LogP contribution in [0, 0.1) is 5.92 Å². The van der Waals surface area contributed by atoms with E-state index in [0.29, 0.717) is 11.5 Å². The molecular formula is C15H23NO2. The summed E-state index contributed by atoms with van der Waals surface area (Å²) >= 11 is 0. The number of benzene rings is 1. The number of hydrogen-bond acceptors (Lipinski definition) is 2. The molecule has 0 bridgehead atoms. The minimum atomic E-state index is 0.0696. The van der Waals surface area contributed by atoms with Crippen LogP contribution in [0.25, 0.3) is 0 Å². The fourth-order valence-corrected chi connectivity index (χ4v) is 1.92. The van der Waals surface area contributed by atoms with Gasteiger partial charge in [0, 0.05) is 18.2 Å². The van der Waals surface area contributed by atoms with Crippen molar-refractivity contribution in [2.75, 3.05) is 6.54 Å². The summed E-state index contributed by atoms with van der Waals surface area (Å²) in [5.41, 5.74) is 0.692.